The highest BCUT2D eigenvalue weighted by Gasteiger charge is 2.31. The monoisotopic (exact) mass is 351 g/mol. The van der Waals surface area contributed by atoms with E-state index in [1.54, 1.807) is 0 Å². The Bertz CT molecular complexity index is 465. The van der Waals surface area contributed by atoms with Crippen LogP contribution >= 0.6 is 15.9 Å². The van der Waals surface area contributed by atoms with Crippen molar-refractivity contribution >= 4 is 21.6 Å². The van der Waals surface area contributed by atoms with Gasteiger partial charge in [0.05, 0.1) is 0 Å². The summed E-state index contributed by atoms with van der Waals surface area (Å²) in [4.78, 5) is 5.23. The second-order valence-corrected chi connectivity index (χ2v) is 7.12. The number of hydrogen-bond acceptors (Lipinski definition) is 3. The summed E-state index contributed by atoms with van der Waals surface area (Å²) in [7, 11) is 0. The highest BCUT2D eigenvalue weighted by atomic mass is 79.9. The molecule has 2 aliphatic rings. The first-order chi connectivity index (χ1) is 10.3. The van der Waals surface area contributed by atoms with Gasteiger partial charge in [0.1, 0.15) is 0 Å². The first-order valence-electron chi connectivity index (χ1n) is 8.26. The third-order valence-electron chi connectivity index (χ3n) is 4.51. The Balaban J connectivity index is 1.66. The maximum atomic E-state index is 3.63. The van der Waals surface area contributed by atoms with Gasteiger partial charge in [-0.1, -0.05) is 28.9 Å². The minimum atomic E-state index is 0.903. The molecule has 1 heterocycles. The third-order valence-corrected chi connectivity index (χ3v) is 5.00. The Morgan fingerprint density at radius 2 is 1.95 bits per heavy atom. The molecule has 116 valence electrons. The van der Waals surface area contributed by atoms with Crippen LogP contribution in [0.3, 0.4) is 0 Å². The fourth-order valence-electron chi connectivity index (χ4n) is 3.15. The maximum Gasteiger partial charge on any atom is 0.0424 e. The predicted octanol–water partition coefficient (Wildman–Crippen LogP) is 3.23. The molecule has 0 radical (unpaired) electrons. The van der Waals surface area contributed by atoms with E-state index in [1.165, 1.54) is 48.1 Å². The average Bonchev–Trinajstić information content (AvgIpc) is 3.34. The van der Waals surface area contributed by atoms with Crippen molar-refractivity contribution in [1.82, 2.24) is 10.2 Å². The van der Waals surface area contributed by atoms with Gasteiger partial charge in [0, 0.05) is 48.9 Å². The summed E-state index contributed by atoms with van der Waals surface area (Å²) in [6.07, 6.45) is 4.03. The molecule has 1 saturated carbocycles. The van der Waals surface area contributed by atoms with Gasteiger partial charge in [0.25, 0.3) is 0 Å². The fraction of sp³-hybridized carbons (Fsp3) is 0.647. The molecule has 21 heavy (non-hydrogen) atoms. The molecule has 1 N–H and O–H groups in total. The van der Waals surface area contributed by atoms with E-state index < -0.39 is 0 Å². The summed E-state index contributed by atoms with van der Waals surface area (Å²) in [6, 6.07) is 7.61. The zero-order valence-electron chi connectivity index (χ0n) is 12.9. The molecule has 0 atom stereocenters. The molecule has 1 aliphatic heterocycles. The Hall–Kier alpha value is -0.580. The molecule has 1 saturated heterocycles. The van der Waals surface area contributed by atoms with Crippen LogP contribution in [-0.4, -0.2) is 43.7 Å². The summed E-state index contributed by atoms with van der Waals surface area (Å²) < 4.78 is 1.18. The van der Waals surface area contributed by atoms with Gasteiger partial charge in [-0.25, -0.2) is 0 Å². The van der Waals surface area contributed by atoms with Gasteiger partial charge < -0.3 is 10.2 Å². The number of anilines is 1. The van der Waals surface area contributed by atoms with E-state index in [1.807, 2.05) is 0 Å². The van der Waals surface area contributed by atoms with E-state index in [2.05, 4.69) is 56.2 Å². The van der Waals surface area contributed by atoms with E-state index >= 15 is 0 Å². The first kappa shape index (κ1) is 15.3. The summed E-state index contributed by atoms with van der Waals surface area (Å²) in [5, 5.41) is 3.53. The van der Waals surface area contributed by atoms with Crippen molar-refractivity contribution in [2.75, 3.05) is 37.6 Å². The molecule has 0 aromatic heterocycles. The van der Waals surface area contributed by atoms with E-state index in [4.69, 9.17) is 0 Å². The lowest BCUT2D eigenvalue weighted by molar-refractivity contribution is 0.248. The smallest absolute Gasteiger partial charge is 0.0424 e. The van der Waals surface area contributed by atoms with Crippen LogP contribution in [0.15, 0.2) is 22.7 Å². The van der Waals surface area contributed by atoms with E-state index in [-0.39, 0.29) is 0 Å². The lowest BCUT2D eigenvalue weighted by Crippen LogP contribution is -2.47. The zero-order valence-corrected chi connectivity index (χ0v) is 14.5. The van der Waals surface area contributed by atoms with Crippen LogP contribution in [0.2, 0.25) is 0 Å². The minimum absolute atomic E-state index is 0.903. The largest absolute Gasteiger partial charge is 0.369 e. The van der Waals surface area contributed by atoms with Crippen LogP contribution in [0, 0.1) is 0 Å². The molecular formula is C17H26BrN3. The molecule has 0 amide bonds. The quantitative estimate of drug-likeness (QED) is 0.793. The molecule has 4 heteroatoms. The topological polar surface area (TPSA) is 18.5 Å². The third kappa shape index (κ3) is 3.99. The van der Waals surface area contributed by atoms with Gasteiger partial charge in [0.15, 0.2) is 0 Å². The normalized spacial score (nSPS) is 20.0. The number of piperazine rings is 1. The minimum Gasteiger partial charge on any atom is -0.369 e. The lowest BCUT2D eigenvalue weighted by atomic mass is 10.1. The number of nitrogens with one attached hydrogen (secondary N) is 1. The Morgan fingerprint density at radius 1 is 1.19 bits per heavy atom. The fourth-order valence-corrected chi connectivity index (χ4v) is 3.50. The molecule has 3 nitrogen and oxygen atoms in total. The van der Waals surface area contributed by atoms with E-state index in [9.17, 15) is 0 Å². The Kier molecular flexibility index (Phi) is 5.19. The van der Waals surface area contributed by atoms with Crippen molar-refractivity contribution in [3.63, 3.8) is 0 Å². The highest BCUT2D eigenvalue weighted by Crippen LogP contribution is 2.30. The van der Waals surface area contributed by atoms with Crippen LogP contribution in [0.5, 0.6) is 0 Å². The van der Waals surface area contributed by atoms with Crippen molar-refractivity contribution in [2.24, 2.45) is 0 Å². The van der Waals surface area contributed by atoms with Crippen LogP contribution in [0.4, 0.5) is 5.69 Å². The molecule has 1 aromatic carbocycles. The SMILES string of the molecule is CCCNCc1ccc(Br)cc1N1CCN(C2CC2)CC1. The van der Waals surface area contributed by atoms with Gasteiger partial charge in [-0.15, -0.1) is 0 Å². The Morgan fingerprint density at radius 3 is 2.62 bits per heavy atom. The molecule has 2 fully saturated rings. The summed E-state index contributed by atoms with van der Waals surface area (Å²) >= 11 is 3.63. The van der Waals surface area contributed by atoms with E-state index in [0.29, 0.717) is 0 Å². The standard InChI is InChI=1S/C17H26BrN3/c1-2-7-19-13-14-3-4-15(18)12-17(14)21-10-8-20(9-11-21)16-5-6-16/h3-4,12,16,19H,2,5-11,13H2,1H3. The summed E-state index contributed by atoms with van der Waals surface area (Å²) in [6.45, 7) is 9.04. The average molecular weight is 352 g/mol. The molecule has 1 aliphatic carbocycles. The number of halogens is 1. The van der Waals surface area contributed by atoms with Crippen molar-refractivity contribution in [2.45, 2.75) is 38.8 Å². The van der Waals surface area contributed by atoms with Gasteiger partial charge in [0.2, 0.25) is 0 Å². The lowest BCUT2D eigenvalue weighted by Gasteiger charge is -2.37. The second-order valence-electron chi connectivity index (χ2n) is 6.20. The number of hydrogen-bond donors (Lipinski definition) is 1. The van der Waals surface area contributed by atoms with Gasteiger partial charge >= 0.3 is 0 Å². The van der Waals surface area contributed by atoms with Crippen molar-refractivity contribution in [3.8, 4) is 0 Å². The van der Waals surface area contributed by atoms with Gasteiger partial charge in [-0.05, 0) is 43.5 Å². The van der Waals surface area contributed by atoms with Crippen molar-refractivity contribution < 1.29 is 0 Å². The van der Waals surface area contributed by atoms with Gasteiger partial charge in [-0.3, -0.25) is 4.90 Å². The van der Waals surface area contributed by atoms with Crippen LogP contribution in [-0.2, 0) is 6.54 Å². The molecule has 3 rings (SSSR count). The van der Waals surface area contributed by atoms with Gasteiger partial charge in [-0.2, -0.15) is 0 Å². The van der Waals surface area contributed by atoms with Crippen LogP contribution in [0.1, 0.15) is 31.7 Å². The summed E-state index contributed by atoms with van der Waals surface area (Å²) in [5.74, 6) is 0. The zero-order chi connectivity index (χ0) is 14.7. The summed E-state index contributed by atoms with van der Waals surface area (Å²) in [5.41, 5.74) is 2.83. The highest BCUT2D eigenvalue weighted by molar-refractivity contribution is 9.10. The van der Waals surface area contributed by atoms with Crippen LogP contribution in [0.25, 0.3) is 0 Å². The first-order valence-corrected chi connectivity index (χ1v) is 9.05. The van der Waals surface area contributed by atoms with E-state index in [0.717, 1.165) is 32.2 Å². The molecule has 1 aromatic rings. The molecular weight excluding hydrogens is 326 g/mol. The number of nitrogens with zero attached hydrogens (tertiary/aromatic N) is 2. The predicted molar refractivity (Wildman–Crippen MR) is 92.9 cm³/mol. The Labute approximate surface area is 136 Å². The molecule has 0 spiro atoms. The van der Waals surface area contributed by atoms with Crippen molar-refractivity contribution in [3.05, 3.63) is 28.2 Å². The van der Waals surface area contributed by atoms with Crippen molar-refractivity contribution in [1.29, 1.82) is 0 Å². The molecule has 0 bridgehead atoms. The van der Waals surface area contributed by atoms with Crippen LogP contribution < -0.4 is 10.2 Å². The number of benzene rings is 1. The maximum absolute atomic E-state index is 3.63. The molecule has 0 unspecified atom stereocenters. The number of rotatable bonds is 6. The second kappa shape index (κ2) is 7.12.